The Morgan fingerprint density at radius 1 is 1.44 bits per heavy atom. The van der Waals surface area contributed by atoms with Crippen LogP contribution in [0.25, 0.3) is 0 Å². The van der Waals surface area contributed by atoms with Crippen molar-refractivity contribution in [2.24, 2.45) is 7.05 Å². The normalized spacial score (nSPS) is 19.9. The number of carboxylic acid groups (broad SMARTS) is 1. The van der Waals surface area contributed by atoms with Crippen LogP contribution in [0.3, 0.4) is 0 Å². The molecule has 1 aromatic heterocycles. The number of carbonyl (C=O) groups excluding carboxylic acids is 1. The molecule has 1 saturated heterocycles. The maximum Gasteiger partial charge on any atom is 0.357 e. The molecule has 1 N–H and O–H groups in total. The first kappa shape index (κ1) is 12.6. The molecule has 1 amide bonds. The maximum absolute atomic E-state index is 12.4. The van der Waals surface area contributed by atoms with E-state index in [1.807, 2.05) is 6.92 Å². The lowest BCUT2D eigenvalue weighted by molar-refractivity contribution is 0.0612. The number of hydrogen-bond acceptors (Lipinski definition) is 3. The van der Waals surface area contributed by atoms with E-state index in [-0.39, 0.29) is 23.2 Å². The number of piperidine rings is 1. The van der Waals surface area contributed by atoms with Gasteiger partial charge in [0.2, 0.25) is 0 Å². The third-order valence-corrected chi connectivity index (χ3v) is 3.33. The smallest absolute Gasteiger partial charge is 0.357 e. The fourth-order valence-electron chi connectivity index (χ4n) is 2.36. The molecule has 0 spiro atoms. The number of aryl methyl sites for hydroxylation is 1. The van der Waals surface area contributed by atoms with E-state index in [9.17, 15) is 9.59 Å². The number of amides is 1. The molecular formula is C12H17N3O3. The average molecular weight is 251 g/mol. The van der Waals surface area contributed by atoms with Crippen molar-refractivity contribution in [2.75, 3.05) is 6.54 Å². The van der Waals surface area contributed by atoms with Gasteiger partial charge in [0.05, 0.1) is 5.56 Å². The molecule has 0 aliphatic carbocycles. The van der Waals surface area contributed by atoms with Gasteiger partial charge in [-0.15, -0.1) is 0 Å². The predicted octanol–water partition coefficient (Wildman–Crippen LogP) is 1.13. The summed E-state index contributed by atoms with van der Waals surface area (Å²) >= 11 is 0. The lowest BCUT2D eigenvalue weighted by atomic mass is 10.0. The minimum absolute atomic E-state index is 0.160. The zero-order valence-electron chi connectivity index (χ0n) is 10.6. The summed E-state index contributed by atoms with van der Waals surface area (Å²) in [6.07, 6.45) is 4.53. The van der Waals surface area contributed by atoms with E-state index in [0.29, 0.717) is 6.54 Å². The number of carbonyl (C=O) groups is 2. The highest BCUT2D eigenvalue weighted by Crippen LogP contribution is 2.20. The van der Waals surface area contributed by atoms with Crippen LogP contribution in [0.4, 0.5) is 0 Å². The zero-order chi connectivity index (χ0) is 13.3. The molecule has 1 aromatic rings. The number of rotatable bonds is 2. The summed E-state index contributed by atoms with van der Waals surface area (Å²) in [6.45, 7) is 2.68. The van der Waals surface area contributed by atoms with Crippen LogP contribution in [0, 0.1) is 0 Å². The van der Waals surface area contributed by atoms with Crippen LogP contribution in [-0.4, -0.2) is 44.3 Å². The largest absolute Gasteiger partial charge is 0.476 e. The lowest BCUT2D eigenvalue weighted by Gasteiger charge is -2.33. The van der Waals surface area contributed by atoms with Crippen LogP contribution in [0.2, 0.25) is 0 Å². The molecule has 1 aliphatic heterocycles. The molecule has 18 heavy (non-hydrogen) atoms. The van der Waals surface area contributed by atoms with E-state index >= 15 is 0 Å². The predicted molar refractivity (Wildman–Crippen MR) is 64.5 cm³/mol. The third kappa shape index (κ3) is 2.23. The maximum atomic E-state index is 12.4. The van der Waals surface area contributed by atoms with E-state index in [1.54, 1.807) is 11.9 Å². The molecule has 1 unspecified atom stereocenters. The molecule has 0 saturated carbocycles. The van der Waals surface area contributed by atoms with Crippen molar-refractivity contribution in [1.82, 2.24) is 14.7 Å². The van der Waals surface area contributed by atoms with Crippen molar-refractivity contribution >= 4 is 11.9 Å². The van der Waals surface area contributed by atoms with E-state index < -0.39 is 5.97 Å². The minimum atomic E-state index is -1.16. The monoisotopic (exact) mass is 251 g/mol. The molecule has 1 aliphatic rings. The van der Waals surface area contributed by atoms with Crippen LogP contribution in [0.1, 0.15) is 47.0 Å². The van der Waals surface area contributed by atoms with E-state index in [4.69, 9.17) is 5.11 Å². The highest BCUT2D eigenvalue weighted by molar-refractivity contribution is 6.03. The standard InChI is InChI=1S/C12H17N3O3/c1-8-5-3-4-6-15(8)11(16)9-7-14(2)13-10(9)12(17)18/h7-8H,3-6H2,1-2H3,(H,17,18). The van der Waals surface area contributed by atoms with Crippen LogP contribution in [-0.2, 0) is 7.05 Å². The topological polar surface area (TPSA) is 75.4 Å². The van der Waals surface area contributed by atoms with Gasteiger partial charge in [-0.2, -0.15) is 5.10 Å². The van der Waals surface area contributed by atoms with Gasteiger partial charge in [0.1, 0.15) is 0 Å². The molecule has 6 nitrogen and oxygen atoms in total. The Morgan fingerprint density at radius 3 is 2.78 bits per heavy atom. The molecular weight excluding hydrogens is 234 g/mol. The van der Waals surface area contributed by atoms with E-state index in [1.165, 1.54) is 10.9 Å². The molecule has 1 fully saturated rings. The van der Waals surface area contributed by atoms with Gasteiger partial charge in [-0.1, -0.05) is 0 Å². The second kappa shape index (κ2) is 4.80. The number of likely N-dealkylation sites (tertiary alicyclic amines) is 1. The van der Waals surface area contributed by atoms with Crippen LogP contribution >= 0.6 is 0 Å². The summed E-state index contributed by atoms with van der Waals surface area (Å²) in [4.78, 5) is 25.2. The Bertz CT molecular complexity index is 481. The second-order valence-corrected chi connectivity index (χ2v) is 4.71. The van der Waals surface area contributed by atoms with Gasteiger partial charge in [0.25, 0.3) is 5.91 Å². The van der Waals surface area contributed by atoms with Gasteiger partial charge < -0.3 is 10.0 Å². The zero-order valence-corrected chi connectivity index (χ0v) is 10.6. The van der Waals surface area contributed by atoms with Crippen molar-refractivity contribution in [3.05, 3.63) is 17.5 Å². The van der Waals surface area contributed by atoms with Gasteiger partial charge in [0, 0.05) is 25.8 Å². The number of hydrogen-bond donors (Lipinski definition) is 1. The Balaban J connectivity index is 2.30. The summed E-state index contributed by atoms with van der Waals surface area (Å²) < 4.78 is 1.37. The lowest BCUT2D eigenvalue weighted by Crippen LogP contribution is -2.42. The van der Waals surface area contributed by atoms with Crippen LogP contribution < -0.4 is 0 Å². The Kier molecular flexibility index (Phi) is 3.36. The Hall–Kier alpha value is -1.85. The molecule has 0 aromatic carbocycles. The molecule has 2 rings (SSSR count). The first-order valence-electron chi connectivity index (χ1n) is 6.08. The Morgan fingerprint density at radius 2 is 2.17 bits per heavy atom. The SMILES string of the molecule is CC1CCCCN1C(=O)c1cn(C)nc1C(=O)O. The first-order valence-corrected chi connectivity index (χ1v) is 6.08. The van der Waals surface area contributed by atoms with Gasteiger partial charge in [-0.25, -0.2) is 4.79 Å². The van der Waals surface area contributed by atoms with Gasteiger partial charge >= 0.3 is 5.97 Å². The minimum Gasteiger partial charge on any atom is -0.476 e. The Labute approximate surface area is 105 Å². The summed E-state index contributed by atoms with van der Waals surface area (Å²) in [6, 6.07) is 0.160. The third-order valence-electron chi connectivity index (χ3n) is 3.33. The summed E-state index contributed by atoms with van der Waals surface area (Å²) in [7, 11) is 1.61. The van der Waals surface area contributed by atoms with Crippen molar-refractivity contribution in [3.63, 3.8) is 0 Å². The quantitative estimate of drug-likeness (QED) is 0.855. The fourth-order valence-corrected chi connectivity index (χ4v) is 2.36. The summed E-state index contributed by atoms with van der Waals surface area (Å²) in [5.74, 6) is -1.39. The summed E-state index contributed by atoms with van der Waals surface area (Å²) in [5.41, 5.74) is 0.0130. The number of aromatic nitrogens is 2. The molecule has 6 heteroatoms. The second-order valence-electron chi connectivity index (χ2n) is 4.71. The first-order chi connectivity index (χ1) is 8.50. The number of nitrogens with zero attached hydrogens (tertiary/aromatic N) is 3. The van der Waals surface area contributed by atoms with Crippen molar-refractivity contribution in [1.29, 1.82) is 0 Å². The van der Waals surface area contributed by atoms with Gasteiger partial charge in [0.15, 0.2) is 5.69 Å². The van der Waals surface area contributed by atoms with Crippen molar-refractivity contribution in [3.8, 4) is 0 Å². The van der Waals surface area contributed by atoms with Gasteiger partial charge in [-0.3, -0.25) is 9.48 Å². The molecule has 98 valence electrons. The van der Waals surface area contributed by atoms with E-state index in [2.05, 4.69) is 5.10 Å². The van der Waals surface area contributed by atoms with Crippen molar-refractivity contribution < 1.29 is 14.7 Å². The highest BCUT2D eigenvalue weighted by atomic mass is 16.4. The molecule has 1 atom stereocenters. The van der Waals surface area contributed by atoms with Crippen LogP contribution in [0.15, 0.2) is 6.20 Å². The fraction of sp³-hybridized carbons (Fsp3) is 0.583. The molecule has 2 heterocycles. The molecule has 0 bridgehead atoms. The highest BCUT2D eigenvalue weighted by Gasteiger charge is 2.29. The number of aromatic carboxylic acids is 1. The van der Waals surface area contributed by atoms with Crippen molar-refractivity contribution in [2.45, 2.75) is 32.2 Å². The average Bonchev–Trinajstić information content (AvgIpc) is 2.71. The van der Waals surface area contributed by atoms with Crippen LogP contribution in [0.5, 0.6) is 0 Å². The van der Waals surface area contributed by atoms with E-state index in [0.717, 1.165) is 19.3 Å². The number of carboxylic acids is 1. The summed E-state index contributed by atoms with van der Waals surface area (Å²) in [5, 5.41) is 12.9. The molecule has 0 radical (unpaired) electrons. The van der Waals surface area contributed by atoms with Gasteiger partial charge in [-0.05, 0) is 26.2 Å².